The van der Waals surface area contributed by atoms with Crippen LogP contribution in [0.5, 0.6) is 0 Å². The molecule has 0 bridgehead atoms. The van der Waals surface area contributed by atoms with E-state index in [4.69, 9.17) is 0 Å². The van der Waals surface area contributed by atoms with E-state index in [1.54, 1.807) is 0 Å². The van der Waals surface area contributed by atoms with Gasteiger partial charge in [-0.15, -0.1) is 0 Å². The summed E-state index contributed by atoms with van der Waals surface area (Å²) < 4.78 is 0. The molecule has 3 rings (SSSR count). The molecular weight excluding hydrogens is 230 g/mol. The third kappa shape index (κ3) is 1.94. The van der Waals surface area contributed by atoms with E-state index in [0.717, 1.165) is 6.42 Å². The van der Waals surface area contributed by atoms with Gasteiger partial charge < -0.3 is 4.98 Å². The van der Waals surface area contributed by atoms with Gasteiger partial charge in [-0.25, -0.2) is 0 Å². The predicted octanol–water partition coefficient (Wildman–Crippen LogP) is 4.91. The molecule has 0 spiro atoms. The summed E-state index contributed by atoms with van der Waals surface area (Å²) in [6.45, 7) is 6.62. The van der Waals surface area contributed by atoms with Crippen LogP contribution in [0.4, 0.5) is 0 Å². The van der Waals surface area contributed by atoms with Gasteiger partial charge in [-0.3, -0.25) is 0 Å². The third-order valence-electron chi connectivity index (χ3n) is 4.08. The molecular formula is C18H20N. The molecule has 2 aromatic rings. The summed E-state index contributed by atoms with van der Waals surface area (Å²) in [5.74, 6) is 0. The van der Waals surface area contributed by atoms with Gasteiger partial charge in [0.2, 0.25) is 0 Å². The predicted molar refractivity (Wildman–Crippen MR) is 81.8 cm³/mol. The Morgan fingerprint density at radius 1 is 1.11 bits per heavy atom. The monoisotopic (exact) mass is 250 g/mol. The number of rotatable bonds is 3. The molecule has 0 saturated heterocycles. The van der Waals surface area contributed by atoms with Crippen LogP contribution in [0.2, 0.25) is 0 Å². The topological polar surface area (TPSA) is 15.8 Å². The molecule has 0 fully saturated rings. The van der Waals surface area contributed by atoms with Crippen LogP contribution in [0.3, 0.4) is 0 Å². The average molecular weight is 250 g/mol. The zero-order valence-electron chi connectivity index (χ0n) is 11.9. The molecule has 0 aliphatic heterocycles. The Morgan fingerprint density at radius 2 is 1.89 bits per heavy atom. The number of H-pyrrole nitrogens is 1. The second-order valence-corrected chi connectivity index (χ2v) is 5.35. The number of nitrogens with one attached hydrogen (secondary N) is 1. The number of benzene rings is 1. The van der Waals surface area contributed by atoms with Crippen molar-refractivity contribution in [2.24, 2.45) is 0 Å². The normalized spacial score (nSPS) is 14.1. The van der Waals surface area contributed by atoms with Crippen molar-refractivity contribution >= 4 is 11.1 Å². The van der Waals surface area contributed by atoms with Crippen molar-refractivity contribution in [2.75, 3.05) is 0 Å². The summed E-state index contributed by atoms with van der Waals surface area (Å²) in [5, 5.41) is 0. The first-order chi connectivity index (χ1) is 9.22. The standard InChI is InChI=1S/C18H20N/c1-4-7-16-15-9-6-5-8-14(15)10-17(16)18-13(3)12(2)11-19-18/h5-6,8-11,19H,4,7H2,1-3H3. The molecule has 1 heteroatoms. The fourth-order valence-corrected chi connectivity index (χ4v) is 2.90. The second-order valence-electron chi connectivity index (χ2n) is 5.35. The lowest BCUT2D eigenvalue weighted by atomic mass is 9.98. The largest absolute Gasteiger partial charge is 0.361 e. The van der Waals surface area contributed by atoms with Crippen LogP contribution in [-0.4, -0.2) is 4.98 Å². The van der Waals surface area contributed by atoms with Crippen LogP contribution in [0, 0.1) is 20.3 Å². The van der Waals surface area contributed by atoms with Crippen LogP contribution in [0.25, 0.3) is 11.1 Å². The highest BCUT2D eigenvalue weighted by atomic mass is 14.7. The van der Waals surface area contributed by atoms with Crippen LogP contribution in [-0.2, 0) is 0 Å². The fraction of sp³-hybridized carbons (Fsp3) is 0.278. The molecule has 1 heterocycles. The van der Waals surface area contributed by atoms with Crippen molar-refractivity contribution < 1.29 is 0 Å². The molecule has 0 amide bonds. The van der Waals surface area contributed by atoms with E-state index in [1.807, 2.05) is 0 Å². The smallest absolute Gasteiger partial charge is 0.0454 e. The van der Waals surface area contributed by atoms with Crippen molar-refractivity contribution in [3.05, 3.63) is 64.8 Å². The van der Waals surface area contributed by atoms with Gasteiger partial charge in [-0.05, 0) is 53.7 Å². The minimum atomic E-state index is 1.14. The molecule has 0 unspecified atom stereocenters. The number of allylic oxidation sites excluding steroid dienone is 2. The maximum Gasteiger partial charge on any atom is 0.0454 e. The molecule has 0 saturated carbocycles. The Labute approximate surface area is 115 Å². The first-order valence-electron chi connectivity index (χ1n) is 7.04. The molecule has 1 nitrogen and oxygen atoms in total. The molecule has 1 aromatic heterocycles. The zero-order valence-corrected chi connectivity index (χ0v) is 11.9. The summed E-state index contributed by atoms with van der Waals surface area (Å²) in [6.07, 6.45) is 6.76. The highest BCUT2D eigenvalue weighted by Gasteiger charge is 2.23. The number of fused-ring (bicyclic) bond motifs is 1. The molecule has 1 radical (unpaired) electrons. The summed E-state index contributed by atoms with van der Waals surface area (Å²) in [6, 6.07) is 8.71. The van der Waals surface area contributed by atoms with E-state index in [9.17, 15) is 0 Å². The highest BCUT2D eigenvalue weighted by Crippen LogP contribution is 2.42. The number of hydrogen-bond donors (Lipinski definition) is 1. The minimum Gasteiger partial charge on any atom is -0.361 e. The van der Waals surface area contributed by atoms with Gasteiger partial charge in [0.1, 0.15) is 0 Å². The van der Waals surface area contributed by atoms with Crippen LogP contribution >= 0.6 is 0 Å². The quantitative estimate of drug-likeness (QED) is 0.796. The van der Waals surface area contributed by atoms with Crippen LogP contribution in [0.15, 0.2) is 30.5 Å². The zero-order chi connectivity index (χ0) is 13.4. The molecule has 19 heavy (non-hydrogen) atoms. The number of hydrogen-bond acceptors (Lipinski definition) is 0. The molecule has 1 aromatic carbocycles. The van der Waals surface area contributed by atoms with Crippen molar-refractivity contribution in [2.45, 2.75) is 33.6 Å². The number of aromatic nitrogens is 1. The number of aryl methyl sites for hydroxylation is 1. The van der Waals surface area contributed by atoms with Gasteiger partial charge in [0, 0.05) is 18.3 Å². The van der Waals surface area contributed by atoms with Gasteiger partial charge in [-0.2, -0.15) is 0 Å². The van der Waals surface area contributed by atoms with E-state index in [1.165, 1.54) is 45.5 Å². The van der Waals surface area contributed by atoms with E-state index >= 15 is 0 Å². The van der Waals surface area contributed by atoms with Gasteiger partial charge in [0.25, 0.3) is 0 Å². The Hall–Kier alpha value is -1.76. The second kappa shape index (κ2) is 4.73. The SMILES string of the molecule is CCCC1=C(c2[nH]cc(C)c2C)[CH]c2ccccc21. The van der Waals surface area contributed by atoms with E-state index < -0.39 is 0 Å². The van der Waals surface area contributed by atoms with Gasteiger partial charge in [-0.1, -0.05) is 37.6 Å². The average Bonchev–Trinajstić information content (AvgIpc) is 2.93. The number of aromatic amines is 1. The van der Waals surface area contributed by atoms with Crippen molar-refractivity contribution in [1.29, 1.82) is 0 Å². The molecule has 1 aliphatic rings. The lowest BCUT2D eigenvalue weighted by Gasteiger charge is -2.07. The Kier molecular flexibility index (Phi) is 3.06. The van der Waals surface area contributed by atoms with Gasteiger partial charge in [0.05, 0.1) is 0 Å². The van der Waals surface area contributed by atoms with Gasteiger partial charge in [0.15, 0.2) is 0 Å². The summed E-state index contributed by atoms with van der Waals surface area (Å²) >= 11 is 0. The van der Waals surface area contributed by atoms with Gasteiger partial charge >= 0.3 is 0 Å². The Bertz CT molecular complexity index is 643. The van der Waals surface area contributed by atoms with Crippen molar-refractivity contribution in [1.82, 2.24) is 4.98 Å². The lowest BCUT2D eigenvalue weighted by molar-refractivity contribution is 0.976. The van der Waals surface area contributed by atoms with E-state index in [2.05, 4.69) is 62.6 Å². The lowest BCUT2D eigenvalue weighted by Crippen LogP contribution is -1.89. The highest BCUT2D eigenvalue weighted by molar-refractivity contribution is 6.02. The third-order valence-corrected chi connectivity index (χ3v) is 4.08. The van der Waals surface area contributed by atoms with E-state index in [0.29, 0.717) is 0 Å². The van der Waals surface area contributed by atoms with Crippen molar-refractivity contribution in [3.8, 4) is 0 Å². The maximum absolute atomic E-state index is 3.45. The maximum atomic E-state index is 3.45. The van der Waals surface area contributed by atoms with E-state index in [-0.39, 0.29) is 0 Å². The molecule has 97 valence electrons. The molecule has 1 N–H and O–H groups in total. The van der Waals surface area contributed by atoms with Crippen molar-refractivity contribution in [3.63, 3.8) is 0 Å². The Balaban J connectivity index is 2.14. The summed E-state index contributed by atoms with van der Waals surface area (Å²) in [5.41, 5.74) is 9.63. The fourth-order valence-electron chi connectivity index (χ4n) is 2.90. The molecule has 0 atom stereocenters. The first kappa shape index (κ1) is 12.3. The van der Waals surface area contributed by atoms with Crippen LogP contribution < -0.4 is 0 Å². The summed E-state index contributed by atoms with van der Waals surface area (Å²) in [7, 11) is 0. The first-order valence-corrected chi connectivity index (χ1v) is 7.04. The molecule has 1 aliphatic carbocycles. The summed E-state index contributed by atoms with van der Waals surface area (Å²) in [4.78, 5) is 3.45. The van der Waals surface area contributed by atoms with Crippen LogP contribution in [0.1, 0.15) is 47.7 Å². The minimum absolute atomic E-state index is 1.14. The Morgan fingerprint density at radius 3 is 2.58 bits per heavy atom.